The number of hydrogen-bond acceptors (Lipinski definition) is 6. The van der Waals surface area contributed by atoms with Crippen LogP contribution in [0.5, 0.6) is 17.2 Å². The summed E-state index contributed by atoms with van der Waals surface area (Å²) in [6.45, 7) is 9.25. The van der Waals surface area contributed by atoms with E-state index in [1.807, 2.05) is 26.8 Å². The van der Waals surface area contributed by atoms with Crippen molar-refractivity contribution in [2.45, 2.75) is 59.4 Å². The van der Waals surface area contributed by atoms with Gasteiger partial charge in [-0.25, -0.2) is 4.99 Å². The fourth-order valence-corrected chi connectivity index (χ4v) is 3.47. The lowest BCUT2D eigenvalue weighted by atomic mass is 9.88. The summed E-state index contributed by atoms with van der Waals surface area (Å²) in [5.41, 5.74) is 13.8. The molecule has 0 heterocycles. The molecule has 0 saturated carbocycles. The number of rotatable bonds is 7. The Kier molecular flexibility index (Phi) is 7.62. The Morgan fingerprint density at radius 1 is 1.16 bits per heavy atom. The predicted molar refractivity (Wildman–Crippen MR) is 124 cm³/mol. The molecule has 0 radical (unpaired) electrons. The minimum atomic E-state index is -0.514. The highest BCUT2D eigenvalue weighted by Crippen LogP contribution is 2.47. The van der Waals surface area contributed by atoms with Crippen LogP contribution in [0.2, 0.25) is 0 Å². The van der Waals surface area contributed by atoms with Crippen LogP contribution in [0, 0.1) is 13.8 Å². The molecule has 0 aliphatic rings. The van der Waals surface area contributed by atoms with E-state index in [-0.39, 0.29) is 40.5 Å². The van der Waals surface area contributed by atoms with Crippen LogP contribution >= 0.6 is 0 Å². The van der Waals surface area contributed by atoms with Crippen molar-refractivity contribution in [3.8, 4) is 17.2 Å². The van der Waals surface area contributed by atoms with Gasteiger partial charge in [-0.3, -0.25) is 9.79 Å². The molecular weight excluding hydrogens is 396 g/mol. The third-order valence-corrected chi connectivity index (χ3v) is 5.48. The van der Waals surface area contributed by atoms with E-state index in [1.54, 1.807) is 6.92 Å². The minimum absolute atomic E-state index is 0.0161. The van der Waals surface area contributed by atoms with Crippen LogP contribution in [0.15, 0.2) is 16.1 Å². The maximum absolute atomic E-state index is 11.2. The zero-order valence-corrected chi connectivity index (χ0v) is 18.7. The number of nitrogens with two attached hydrogens (primary N) is 2. The molecule has 2 rings (SSSR count). The van der Waals surface area contributed by atoms with Crippen LogP contribution in [0.1, 0.15) is 61.8 Å². The van der Waals surface area contributed by atoms with Gasteiger partial charge in [-0.2, -0.15) is 0 Å². The first-order valence-corrected chi connectivity index (χ1v) is 10.3. The zero-order chi connectivity index (χ0) is 23.5. The SMILES string of the molecule is CC(=O)[C@@H](N)CCCN=C(N)N=Cc1c(O)c(O)c(C(C)C)c2cc(C)c(C)c(O)c12. The fourth-order valence-electron chi connectivity index (χ4n) is 3.47. The van der Waals surface area contributed by atoms with Gasteiger partial charge in [0.1, 0.15) is 11.5 Å². The zero-order valence-electron chi connectivity index (χ0n) is 18.7. The van der Waals surface area contributed by atoms with Crippen LogP contribution in [-0.4, -0.2) is 45.9 Å². The lowest BCUT2D eigenvalue weighted by Crippen LogP contribution is -2.28. The first kappa shape index (κ1) is 24.1. The van der Waals surface area contributed by atoms with E-state index in [4.69, 9.17) is 11.5 Å². The Morgan fingerprint density at radius 2 is 1.81 bits per heavy atom. The van der Waals surface area contributed by atoms with Gasteiger partial charge in [0.2, 0.25) is 5.96 Å². The van der Waals surface area contributed by atoms with Gasteiger partial charge in [0.15, 0.2) is 11.5 Å². The number of aromatic hydroxyl groups is 3. The molecule has 2 aromatic carbocycles. The first-order valence-electron chi connectivity index (χ1n) is 10.3. The maximum atomic E-state index is 11.2. The van der Waals surface area contributed by atoms with E-state index in [9.17, 15) is 20.1 Å². The van der Waals surface area contributed by atoms with Crippen molar-refractivity contribution >= 4 is 28.7 Å². The average molecular weight is 429 g/mol. The van der Waals surface area contributed by atoms with Crippen LogP contribution in [0.3, 0.4) is 0 Å². The molecule has 0 saturated heterocycles. The van der Waals surface area contributed by atoms with Crippen molar-refractivity contribution in [3.63, 3.8) is 0 Å². The van der Waals surface area contributed by atoms with Gasteiger partial charge >= 0.3 is 0 Å². The molecule has 0 fully saturated rings. The highest BCUT2D eigenvalue weighted by molar-refractivity contribution is 6.11. The highest BCUT2D eigenvalue weighted by atomic mass is 16.3. The lowest BCUT2D eigenvalue weighted by Gasteiger charge is -2.19. The Bertz CT molecular complexity index is 1060. The fraction of sp³-hybridized carbons (Fsp3) is 0.435. The summed E-state index contributed by atoms with van der Waals surface area (Å²) in [4.78, 5) is 19.4. The van der Waals surface area contributed by atoms with Gasteiger partial charge in [-0.1, -0.05) is 19.9 Å². The van der Waals surface area contributed by atoms with Crippen LogP contribution in [0.25, 0.3) is 10.8 Å². The van der Waals surface area contributed by atoms with E-state index in [2.05, 4.69) is 9.98 Å². The van der Waals surface area contributed by atoms with Crippen molar-refractivity contribution in [3.05, 3.63) is 28.3 Å². The number of phenolic OH excluding ortho intramolecular Hbond substituents is 3. The molecule has 0 bridgehead atoms. The maximum Gasteiger partial charge on any atom is 0.215 e. The average Bonchev–Trinajstić information content (AvgIpc) is 2.69. The number of nitrogens with zero attached hydrogens (tertiary/aromatic N) is 2. The van der Waals surface area contributed by atoms with Crippen LogP contribution < -0.4 is 11.5 Å². The number of fused-ring (bicyclic) bond motifs is 1. The summed E-state index contributed by atoms with van der Waals surface area (Å²) in [5.74, 6) is -0.803. The third kappa shape index (κ3) is 5.14. The lowest BCUT2D eigenvalue weighted by molar-refractivity contribution is -0.118. The normalized spacial score (nSPS) is 13.5. The minimum Gasteiger partial charge on any atom is -0.507 e. The second-order valence-corrected chi connectivity index (χ2v) is 8.13. The van der Waals surface area contributed by atoms with Gasteiger partial charge in [-0.05, 0) is 56.0 Å². The Morgan fingerprint density at radius 3 is 2.39 bits per heavy atom. The molecule has 8 nitrogen and oxygen atoms in total. The second kappa shape index (κ2) is 9.78. The topological polar surface area (TPSA) is 155 Å². The number of ketones is 1. The molecule has 0 amide bonds. The Labute approximate surface area is 182 Å². The van der Waals surface area contributed by atoms with Gasteiger partial charge in [0.25, 0.3) is 0 Å². The molecule has 168 valence electrons. The number of aryl methyl sites for hydroxylation is 1. The molecule has 0 aliphatic carbocycles. The van der Waals surface area contributed by atoms with E-state index < -0.39 is 6.04 Å². The largest absolute Gasteiger partial charge is 0.507 e. The van der Waals surface area contributed by atoms with Gasteiger partial charge in [0.05, 0.1) is 11.6 Å². The number of carbonyl (C=O) groups is 1. The summed E-state index contributed by atoms with van der Waals surface area (Å²) >= 11 is 0. The molecule has 0 aromatic heterocycles. The van der Waals surface area contributed by atoms with Crippen LogP contribution in [0.4, 0.5) is 0 Å². The number of aliphatic imine (C=N–C) groups is 2. The number of phenols is 3. The molecule has 0 unspecified atom stereocenters. The molecular formula is C23H32N4O4. The van der Waals surface area contributed by atoms with Gasteiger partial charge < -0.3 is 26.8 Å². The second-order valence-electron chi connectivity index (χ2n) is 8.13. The number of hydrogen-bond donors (Lipinski definition) is 5. The van der Waals surface area contributed by atoms with E-state index >= 15 is 0 Å². The molecule has 0 aliphatic heterocycles. The van der Waals surface area contributed by atoms with E-state index in [1.165, 1.54) is 13.1 Å². The van der Waals surface area contributed by atoms with Crippen molar-refractivity contribution in [2.75, 3.05) is 6.54 Å². The van der Waals surface area contributed by atoms with Gasteiger partial charge in [0, 0.05) is 23.7 Å². The molecule has 0 spiro atoms. The monoisotopic (exact) mass is 428 g/mol. The number of carbonyl (C=O) groups excluding carboxylic acids is 1. The highest BCUT2D eigenvalue weighted by Gasteiger charge is 2.23. The number of guanidine groups is 1. The van der Waals surface area contributed by atoms with Crippen molar-refractivity contribution in [1.29, 1.82) is 0 Å². The van der Waals surface area contributed by atoms with Crippen molar-refractivity contribution in [1.82, 2.24) is 0 Å². The summed E-state index contributed by atoms with van der Waals surface area (Å²) in [6.07, 6.45) is 2.36. The summed E-state index contributed by atoms with van der Waals surface area (Å²) in [7, 11) is 0. The van der Waals surface area contributed by atoms with Crippen molar-refractivity contribution in [2.24, 2.45) is 21.5 Å². The number of benzene rings is 2. The first-order chi connectivity index (χ1) is 14.5. The number of Topliss-reactive ketones (excluding diaryl/α,β-unsaturated/α-hetero) is 1. The Balaban J connectivity index is 2.47. The van der Waals surface area contributed by atoms with Crippen molar-refractivity contribution < 1.29 is 20.1 Å². The molecule has 1 atom stereocenters. The summed E-state index contributed by atoms with van der Waals surface area (Å²) < 4.78 is 0. The molecule has 2 aromatic rings. The summed E-state index contributed by atoms with van der Waals surface area (Å²) in [6, 6.07) is 1.37. The summed E-state index contributed by atoms with van der Waals surface area (Å²) in [5, 5.41) is 33.2. The standard InChI is InChI=1S/C23H32N4O4/c1-11(2)18-15-9-12(3)13(4)20(29)19(15)16(21(30)22(18)31)10-27-23(25)26-8-6-7-17(24)14(5)28/h9-11,17,29-31H,6-8,24H2,1-5H3,(H2,25,26)/t17-/m0/s1. The van der Waals surface area contributed by atoms with Crippen LogP contribution in [-0.2, 0) is 4.79 Å². The Hall–Kier alpha value is -3.13. The van der Waals surface area contributed by atoms with E-state index in [0.717, 1.165) is 5.56 Å². The van der Waals surface area contributed by atoms with E-state index in [0.29, 0.717) is 41.3 Å². The van der Waals surface area contributed by atoms with Gasteiger partial charge in [-0.15, -0.1) is 0 Å². The smallest absolute Gasteiger partial charge is 0.215 e. The predicted octanol–water partition coefficient (Wildman–Crippen LogP) is 3.13. The quantitative estimate of drug-likeness (QED) is 0.197. The third-order valence-electron chi connectivity index (χ3n) is 5.48. The molecule has 8 heteroatoms. The molecule has 7 N–H and O–H groups in total. The molecule has 31 heavy (non-hydrogen) atoms.